The van der Waals surface area contributed by atoms with Crippen molar-refractivity contribution in [3.63, 3.8) is 0 Å². The maximum Gasteiger partial charge on any atom is 0.150 e. The van der Waals surface area contributed by atoms with Crippen LogP contribution >= 0.6 is 15.9 Å². The van der Waals surface area contributed by atoms with Gasteiger partial charge < -0.3 is 14.4 Å². The molecule has 0 radical (unpaired) electrons. The van der Waals surface area contributed by atoms with E-state index in [4.69, 9.17) is 9.97 Å². The molecule has 1 aliphatic heterocycles. The first-order valence-electron chi connectivity index (χ1n) is 10.4. The quantitative estimate of drug-likeness (QED) is 0.428. The highest BCUT2D eigenvalue weighted by Crippen LogP contribution is 2.37. The van der Waals surface area contributed by atoms with Crippen molar-refractivity contribution in [3.8, 4) is 16.8 Å². The highest BCUT2D eigenvalue weighted by Gasteiger charge is 2.23. The molecule has 2 aromatic heterocycles. The van der Waals surface area contributed by atoms with E-state index in [-0.39, 0.29) is 0 Å². The third-order valence-corrected chi connectivity index (χ3v) is 6.40. The van der Waals surface area contributed by atoms with Crippen molar-refractivity contribution >= 4 is 32.8 Å². The molecule has 152 valence electrons. The zero-order valence-electron chi connectivity index (χ0n) is 17.0. The fourth-order valence-corrected chi connectivity index (χ4v) is 4.46. The molecule has 1 fully saturated rings. The largest absolute Gasteiger partial charge is 0.353 e. The Morgan fingerprint density at radius 1 is 0.900 bits per heavy atom. The fraction of sp³-hybridized carbons (Fsp3) is 0.250. The van der Waals surface area contributed by atoms with Gasteiger partial charge in [-0.3, -0.25) is 0 Å². The van der Waals surface area contributed by atoms with E-state index >= 15 is 0 Å². The van der Waals surface area contributed by atoms with Gasteiger partial charge in [0.15, 0.2) is 5.65 Å². The number of hydrogen-bond acceptors (Lipinski definition) is 4. The molecular formula is C24H24BrN5. The minimum absolute atomic E-state index is 0.944. The molecular weight excluding hydrogens is 438 g/mol. The van der Waals surface area contributed by atoms with Crippen LogP contribution in [0.5, 0.6) is 0 Å². The summed E-state index contributed by atoms with van der Waals surface area (Å²) in [5, 5.41) is 1.12. The number of halogens is 1. The summed E-state index contributed by atoms with van der Waals surface area (Å²) < 4.78 is 3.24. The summed E-state index contributed by atoms with van der Waals surface area (Å²) in [4.78, 5) is 14.4. The second kappa shape index (κ2) is 8.20. The lowest BCUT2D eigenvalue weighted by Crippen LogP contribution is -2.46. The van der Waals surface area contributed by atoms with Crippen molar-refractivity contribution < 1.29 is 0 Å². The topological polar surface area (TPSA) is 37.2 Å². The van der Waals surface area contributed by atoms with Crippen LogP contribution in [-0.2, 0) is 0 Å². The van der Waals surface area contributed by atoms with E-state index in [1.54, 1.807) is 6.33 Å². The van der Waals surface area contributed by atoms with E-state index in [0.29, 0.717) is 0 Å². The zero-order chi connectivity index (χ0) is 20.5. The molecule has 5 nitrogen and oxygen atoms in total. The number of fused-ring (bicyclic) bond motifs is 1. The van der Waals surface area contributed by atoms with Crippen molar-refractivity contribution in [1.82, 2.24) is 19.4 Å². The normalized spacial score (nSPS) is 15.1. The van der Waals surface area contributed by atoms with Gasteiger partial charge in [0.1, 0.15) is 12.1 Å². The summed E-state index contributed by atoms with van der Waals surface area (Å²) in [5.74, 6) is 1.03. The number of piperazine rings is 1. The van der Waals surface area contributed by atoms with E-state index in [1.807, 2.05) is 0 Å². The molecule has 3 heterocycles. The highest BCUT2D eigenvalue weighted by atomic mass is 79.9. The Labute approximate surface area is 185 Å². The molecule has 2 aromatic carbocycles. The molecule has 6 heteroatoms. The van der Waals surface area contributed by atoms with Gasteiger partial charge in [-0.05, 0) is 36.4 Å². The van der Waals surface area contributed by atoms with E-state index in [2.05, 4.69) is 98.0 Å². The van der Waals surface area contributed by atoms with Crippen LogP contribution in [0.1, 0.15) is 6.92 Å². The van der Waals surface area contributed by atoms with E-state index in [1.165, 1.54) is 11.1 Å². The summed E-state index contributed by atoms with van der Waals surface area (Å²) >= 11 is 3.54. The Hall–Kier alpha value is -2.70. The van der Waals surface area contributed by atoms with Crippen molar-refractivity contribution in [2.24, 2.45) is 0 Å². The second-order valence-electron chi connectivity index (χ2n) is 7.57. The SMILES string of the molecule is CCN1CCN(c2ncnc3c2c(-c2ccccc2)cn3-c2ccc(Br)cc2)CC1. The summed E-state index contributed by atoms with van der Waals surface area (Å²) in [6.07, 6.45) is 3.90. The highest BCUT2D eigenvalue weighted by molar-refractivity contribution is 9.10. The molecule has 0 saturated carbocycles. The van der Waals surface area contributed by atoms with Crippen LogP contribution in [0.4, 0.5) is 5.82 Å². The molecule has 0 unspecified atom stereocenters. The molecule has 0 bridgehead atoms. The Balaban J connectivity index is 1.69. The molecule has 4 aromatic rings. The molecule has 0 N–H and O–H groups in total. The van der Waals surface area contributed by atoms with Gasteiger partial charge in [0.25, 0.3) is 0 Å². The predicted molar refractivity (Wildman–Crippen MR) is 126 cm³/mol. The van der Waals surface area contributed by atoms with Gasteiger partial charge in [-0.25, -0.2) is 9.97 Å². The molecule has 1 aliphatic rings. The van der Waals surface area contributed by atoms with Gasteiger partial charge in [0, 0.05) is 48.1 Å². The Morgan fingerprint density at radius 2 is 1.63 bits per heavy atom. The van der Waals surface area contributed by atoms with Crippen LogP contribution in [0.25, 0.3) is 27.8 Å². The maximum atomic E-state index is 4.76. The number of anilines is 1. The first-order chi connectivity index (χ1) is 14.7. The molecule has 0 atom stereocenters. The number of benzene rings is 2. The van der Waals surface area contributed by atoms with Gasteiger partial charge in [-0.1, -0.05) is 53.2 Å². The third kappa shape index (κ3) is 3.50. The zero-order valence-corrected chi connectivity index (χ0v) is 18.6. The molecule has 30 heavy (non-hydrogen) atoms. The molecule has 0 spiro atoms. The van der Waals surface area contributed by atoms with Gasteiger partial charge >= 0.3 is 0 Å². The first kappa shape index (κ1) is 19.3. The molecule has 0 amide bonds. The Morgan fingerprint density at radius 3 is 2.33 bits per heavy atom. The van der Waals surface area contributed by atoms with Crippen molar-refractivity contribution in [2.75, 3.05) is 37.6 Å². The number of rotatable bonds is 4. The van der Waals surface area contributed by atoms with E-state index < -0.39 is 0 Å². The Bertz CT molecular complexity index is 1150. The van der Waals surface area contributed by atoms with E-state index in [9.17, 15) is 0 Å². The van der Waals surface area contributed by atoms with Crippen molar-refractivity contribution in [1.29, 1.82) is 0 Å². The molecule has 0 aliphatic carbocycles. The minimum Gasteiger partial charge on any atom is -0.353 e. The summed E-state index contributed by atoms with van der Waals surface area (Å²) in [7, 11) is 0. The number of likely N-dealkylation sites (N-methyl/N-ethyl adjacent to an activating group) is 1. The summed E-state index contributed by atoms with van der Waals surface area (Å²) in [6, 6.07) is 18.9. The monoisotopic (exact) mass is 461 g/mol. The molecule has 5 rings (SSSR count). The van der Waals surface area contributed by atoms with Crippen molar-refractivity contribution in [2.45, 2.75) is 6.92 Å². The minimum atomic E-state index is 0.944. The lowest BCUT2D eigenvalue weighted by Gasteiger charge is -2.35. The summed E-state index contributed by atoms with van der Waals surface area (Å²) in [5.41, 5.74) is 4.38. The standard InChI is InChI=1S/C24H24BrN5/c1-2-28-12-14-29(15-13-28)23-22-21(18-6-4-3-5-7-18)16-30(24(22)27-17-26-23)20-10-8-19(25)9-11-20/h3-11,16-17H,2,12-15H2,1H3. The summed E-state index contributed by atoms with van der Waals surface area (Å²) in [6.45, 7) is 7.42. The number of aromatic nitrogens is 3. The Kier molecular flexibility index (Phi) is 5.27. The lowest BCUT2D eigenvalue weighted by molar-refractivity contribution is 0.271. The van der Waals surface area contributed by atoms with E-state index in [0.717, 1.165) is 59.7 Å². The van der Waals surface area contributed by atoms with Crippen LogP contribution in [0, 0.1) is 0 Å². The second-order valence-corrected chi connectivity index (χ2v) is 8.49. The van der Waals surface area contributed by atoms with Crippen LogP contribution < -0.4 is 4.90 Å². The van der Waals surface area contributed by atoms with Gasteiger partial charge in [-0.2, -0.15) is 0 Å². The van der Waals surface area contributed by atoms with Gasteiger partial charge in [0.2, 0.25) is 0 Å². The van der Waals surface area contributed by atoms with Crippen LogP contribution in [0.2, 0.25) is 0 Å². The first-order valence-corrected chi connectivity index (χ1v) is 11.2. The van der Waals surface area contributed by atoms with Gasteiger partial charge in [-0.15, -0.1) is 0 Å². The average molecular weight is 462 g/mol. The number of hydrogen-bond donors (Lipinski definition) is 0. The van der Waals surface area contributed by atoms with Crippen LogP contribution in [0.3, 0.4) is 0 Å². The maximum absolute atomic E-state index is 4.76. The van der Waals surface area contributed by atoms with Gasteiger partial charge in [0.05, 0.1) is 5.39 Å². The van der Waals surface area contributed by atoms with Crippen LogP contribution in [0.15, 0.2) is 71.6 Å². The lowest BCUT2D eigenvalue weighted by atomic mass is 10.1. The van der Waals surface area contributed by atoms with Crippen molar-refractivity contribution in [3.05, 3.63) is 71.6 Å². The smallest absolute Gasteiger partial charge is 0.150 e. The molecule has 1 saturated heterocycles. The average Bonchev–Trinajstić information content (AvgIpc) is 3.20. The number of nitrogens with zero attached hydrogens (tertiary/aromatic N) is 5. The van der Waals surface area contributed by atoms with Crippen LogP contribution in [-0.4, -0.2) is 52.2 Å². The third-order valence-electron chi connectivity index (χ3n) is 5.87. The fourth-order valence-electron chi connectivity index (χ4n) is 4.20. The predicted octanol–water partition coefficient (Wildman–Crippen LogP) is 4.99.